The van der Waals surface area contributed by atoms with Crippen LogP contribution in [-0.4, -0.2) is 29.5 Å². The molecule has 0 radical (unpaired) electrons. The summed E-state index contributed by atoms with van der Waals surface area (Å²) in [4.78, 5) is 12.2. The monoisotopic (exact) mass is 276 g/mol. The van der Waals surface area contributed by atoms with E-state index in [-0.39, 0.29) is 11.9 Å². The second kappa shape index (κ2) is 5.97. The molecular weight excluding hydrogens is 256 g/mol. The van der Waals surface area contributed by atoms with E-state index in [1.54, 1.807) is 0 Å². The predicted molar refractivity (Wildman–Crippen MR) is 79.3 cm³/mol. The molecule has 0 aliphatic carbocycles. The van der Waals surface area contributed by atoms with Crippen LogP contribution in [0.3, 0.4) is 0 Å². The van der Waals surface area contributed by atoms with Crippen molar-refractivity contribution in [2.24, 2.45) is 0 Å². The lowest BCUT2D eigenvalue weighted by Gasteiger charge is -2.25. The lowest BCUT2D eigenvalue weighted by molar-refractivity contribution is -0.123. The average Bonchev–Trinajstić information content (AvgIpc) is 2.97. The Bertz CT molecular complexity index is 457. The molecule has 19 heavy (non-hydrogen) atoms. The third-order valence-corrected chi connectivity index (χ3v) is 5.32. The minimum atomic E-state index is -0.0682. The molecule has 1 aromatic rings. The molecule has 0 bridgehead atoms. The minimum Gasteiger partial charge on any atom is -0.354 e. The Morgan fingerprint density at radius 2 is 2.21 bits per heavy atom. The van der Waals surface area contributed by atoms with E-state index in [0.717, 1.165) is 19.5 Å². The zero-order chi connectivity index (χ0) is 13.1. The maximum absolute atomic E-state index is 12.2. The van der Waals surface area contributed by atoms with Gasteiger partial charge in [0.25, 0.3) is 0 Å². The van der Waals surface area contributed by atoms with E-state index in [2.05, 4.69) is 28.8 Å². The second-order valence-electron chi connectivity index (χ2n) is 5.29. The number of benzene rings is 1. The highest BCUT2D eigenvalue weighted by Gasteiger charge is 2.24. The van der Waals surface area contributed by atoms with Crippen LogP contribution in [0.4, 0.5) is 0 Å². The van der Waals surface area contributed by atoms with Crippen LogP contribution in [-0.2, 0) is 17.8 Å². The van der Waals surface area contributed by atoms with Crippen molar-refractivity contribution in [1.82, 2.24) is 10.6 Å². The largest absolute Gasteiger partial charge is 0.354 e. The standard InChI is InChI=1S/C15H20N2OS/c18-15(17-10-13-6-3-7-19-13)14-8-11-4-1-2-5-12(11)9-16-14/h1-2,4-5,13-14,16H,3,6-10H2,(H,17,18)/t13?,14-/m1/s1. The lowest BCUT2D eigenvalue weighted by Crippen LogP contribution is -2.48. The summed E-state index contributed by atoms with van der Waals surface area (Å²) in [6.07, 6.45) is 3.34. The SMILES string of the molecule is O=C(NCC1CCCS1)[C@H]1Cc2ccccc2CN1. The Morgan fingerprint density at radius 3 is 3.00 bits per heavy atom. The van der Waals surface area contributed by atoms with Crippen LogP contribution >= 0.6 is 11.8 Å². The Hall–Kier alpha value is -1.00. The number of rotatable bonds is 3. The number of hydrogen-bond acceptors (Lipinski definition) is 3. The van der Waals surface area contributed by atoms with Gasteiger partial charge < -0.3 is 10.6 Å². The van der Waals surface area contributed by atoms with Crippen molar-refractivity contribution in [2.75, 3.05) is 12.3 Å². The zero-order valence-corrected chi connectivity index (χ0v) is 11.8. The Kier molecular flexibility index (Phi) is 4.09. The Labute approximate surface area is 118 Å². The fourth-order valence-electron chi connectivity index (χ4n) is 2.78. The molecule has 3 rings (SSSR count). The number of amides is 1. The highest BCUT2D eigenvalue weighted by Crippen LogP contribution is 2.25. The summed E-state index contributed by atoms with van der Waals surface area (Å²) in [5, 5.41) is 7.06. The molecule has 1 aromatic carbocycles. The normalized spacial score (nSPS) is 25.9. The molecule has 102 valence electrons. The Balaban J connectivity index is 1.54. The minimum absolute atomic E-state index is 0.0682. The van der Waals surface area contributed by atoms with Crippen molar-refractivity contribution in [3.8, 4) is 0 Å². The van der Waals surface area contributed by atoms with Crippen LogP contribution in [0.2, 0.25) is 0 Å². The number of carbonyl (C=O) groups excluding carboxylic acids is 1. The fraction of sp³-hybridized carbons (Fsp3) is 0.533. The van der Waals surface area contributed by atoms with E-state index in [1.807, 2.05) is 17.8 Å². The molecule has 0 spiro atoms. The van der Waals surface area contributed by atoms with Crippen LogP contribution < -0.4 is 10.6 Å². The van der Waals surface area contributed by atoms with E-state index in [0.29, 0.717) is 5.25 Å². The summed E-state index contributed by atoms with van der Waals surface area (Å²) in [6.45, 7) is 1.62. The maximum atomic E-state index is 12.2. The summed E-state index contributed by atoms with van der Waals surface area (Å²) >= 11 is 1.98. The fourth-order valence-corrected chi connectivity index (χ4v) is 3.98. The first-order valence-electron chi connectivity index (χ1n) is 7.02. The molecule has 1 saturated heterocycles. The van der Waals surface area contributed by atoms with Gasteiger partial charge >= 0.3 is 0 Å². The van der Waals surface area contributed by atoms with Gasteiger partial charge in [-0.2, -0.15) is 11.8 Å². The highest BCUT2D eigenvalue weighted by atomic mass is 32.2. The van der Waals surface area contributed by atoms with Crippen LogP contribution in [0.1, 0.15) is 24.0 Å². The molecule has 2 aliphatic heterocycles. The summed E-state index contributed by atoms with van der Waals surface area (Å²) < 4.78 is 0. The molecule has 1 fully saturated rings. The summed E-state index contributed by atoms with van der Waals surface area (Å²) in [5.74, 6) is 1.40. The van der Waals surface area contributed by atoms with Gasteiger partial charge in [0.15, 0.2) is 0 Å². The molecule has 2 heterocycles. The Morgan fingerprint density at radius 1 is 1.37 bits per heavy atom. The number of thioether (sulfide) groups is 1. The highest BCUT2D eigenvalue weighted by molar-refractivity contribution is 8.00. The van der Waals surface area contributed by atoms with Gasteiger partial charge in [0.05, 0.1) is 6.04 Å². The number of nitrogens with one attached hydrogen (secondary N) is 2. The van der Waals surface area contributed by atoms with E-state index in [1.165, 1.54) is 29.7 Å². The quantitative estimate of drug-likeness (QED) is 0.883. The maximum Gasteiger partial charge on any atom is 0.237 e. The van der Waals surface area contributed by atoms with Crippen molar-refractivity contribution in [1.29, 1.82) is 0 Å². The van der Waals surface area contributed by atoms with E-state index < -0.39 is 0 Å². The number of hydrogen-bond donors (Lipinski definition) is 2. The van der Waals surface area contributed by atoms with Crippen LogP contribution in [0.15, 0.2) is 24.3 Å². The molecule has 2 atom stereocenters. The molecular formula is C15H20N2OS. The van der Waals surface area contributed by atoms with Crippen molar-refractivity contribution >= 4 is 17.7 Å². The molecule has 2 N–H and O–H groups in total. The molecule has 1 unspecified atom stereocenters. The van der Waals surface area contributed by atoms with Gasteiger partial charge in [0.2, 0.25) is 5.91 Å². The first-order valence-corrected chi connectivity index (χ1v) is 8.07. The van der Waals surface area contributed by atoms with Crippen LogP contribution in [0.25, 0.3) is 0 Å². The van der Waals surface area contributed by atoms with Crippen molar-refractivity contribution in [2.45, 2.75) is 37.1 Å². The second-order valence-corrected chi connectivity index (χ2v) is 6.69. The molecule has 1 amide bonds. The van der Waals surface area contributed by atoms with Crippen LogP contribution in [0.5, 0.6) is 0 Å². The number of carbonyl (C=O) groups is 1. The van der Waals surface area contributed by atoms with Crippen molar-refractivity contribution in [3.05, 3.63) is 35.4 Å². The third kappa shape index (κ3) is 3.12. The van der Waals surface area contributed by atoms with E-state index >= 15 is 0 Å². The van der Waals surface area contributed by atoms with Gasteiger partial charge in [-0.05, 0) is 36.1 Å². The number of fused-ring (bicyclic) bond motifs is 1. The van der Waals surface area contributed by atoms with E-state index in [4.69, 9.17) is 0 Å². The molecule has 3 nitrogen and oxygen atoms in total. The molecule has 4 heteroatoms. The predicted octanol–water partition coefficient (Wildman–Crippen LogP) is 1.71. The van der Waals surface area contributed by atoms with Crippen molar-refractivity contribution in [3.63, 3.8) is 0 Å². The average molecular weight is 276 g/mol. The zero-order valence-electron chi connectivity index (χ0n) is 11.0. The summed E-state index contributed by atoms with van der Waals surface area (Å²) in [6, 6.07) is 8.29. The molecule has 2 aliphatic rings. The van der Waals surface area contributed by atoms with Gasteiger partial charge in [0.1, 0.15) is 0 Å². The van der Waals surface area contributed by atoms with Gasteiger partial charge in [-0.1, -0.05) is 24.3 Å². The third-order valence-electron chi connectivity index (χ3n) is 3.93. The van der Waals surface area contributed by atoms with Gasteiger partial charge in [-0.3, -0.25) is 4.79 Å². The van der Waals surface area contributed by atoms with E-state index in [9.17, 15) is 4.79 Å². The first kappa shape index (κ1) is 13.0. The molecule has 0 aromatic heterocycles. The van der Waals surface area contributed by atoms with Crippen molar-refractivity contribution < 1.29 is 4.79 Å². The van der Waals surface area contributed by atoms with Gasteiger partial charge in [0, 0.05) is 18.3 Å². The smallest absolute Gasteiger partial charge is 0.237 e. The summed E-state index contributed by atoms with van der Waals surface area (Å²) in [5.41, 5.74) is 2.62. The van der Waals surface area contributed by atoms with Crippen LogP contribution in [0, 0.1) is 0 Å². The first-order chi connectivity index (χ1) is 9.33. The topological polar surface area (TPSA) is 41.1 Å². The summed E-state index contributed by atoms with van der Waals surface area (Å²) in [7, 11) is 0. The van der Waals surface area contributed by atoms with Gasteiger partial charge in [-0.15, -0.1) is 0 Å². The van der Waals surface area contributed by atoms with Gasteiger partial charge in [-0.25, -0.2) is 0 Å². The lowest BCUT2D eigenvalue weighted by atomic mass is 9.95. The molecule has 0 saturated carbocycles.